The molecule has 0 aliphatic carbocycles. The van der Waals surface area contributed by atoms with Crippen LogP contribution in [-0.2, 0) is 4.43 Å². The van der Waals surface area contributed by atoms with Gasteiger partial charge in [-0.1, -0.05) is 20.8 Å². The van der Waals surface area contributed by atoms with E-state index in [-0.39, 0.29) is 5.04 Å². The minimum atomic E-state index is -1.66. The number of anilines is 2. The second kappa shape index (κ2) is 4.75. The van der Waals surface area contributed by atoms with Crippen LogP contribution in [0.25, 0.3) is 0 Å². The number of aromatic nitrogens is 2. The molecule has 106 valence electrons. The van der Waals surface area contributed by atoms with Crippen molar-refractivity contribution in [1.82, 2.24) is 10.2 Å². The van der Waals surface area contributed by atoms with E-state index in [2.05, 4.69) is 49.0 Å². The normalized spacial score (nSPS) is 17.4. The van der Waals surface area contributed by atoms with Gasteiger partial charge in [-0.2, -0.15) is 0 Å². The van der Waals surface area contributed by atoms with Crippen molar-refractivity contribution in [3.8, 4) is 0 Å². The van der Waals surface area contributed by atoms with Crippen molar-refractivity contribution >= 4 is 20.0 Å². The minimum absolute atomic E-state index is 0.258. The highest BCUT2D eigenvalue weighted by Gasteiger charge is 2.42. The van der Waals surface area contributed by atoms with Crippen LogP contribution in [0.2, 0.25) is 18.1 Å². The van der Waals surface area contributed by atoms with Gasteiger partial charge in [-0.3, -0.25) is 0 Å². The fourth-order valence-corrected chi connectivity index (χ4v) is 3.13. The molecule has 1 fully saturated rings. The maximum Gasteiger partial charge on any atom is 0.192 e. The summed E-state index contributed by atoms with van der Waals surface area (Å²) in [6.07, 6.45) is 0.320. The Kier molecular flexibility index (Phi) is 3.57. The molecule has 0 spiro atoms. The summed E-state index contributed by atoms with van der Waals surface area (Å²) < 4.78 is 6.34. The molecule has 0 bridgehead atoms. The SMILES string of the molecule is CC(C)(C)[Si](C)(C)OC1CN(c2ccc(N)nn2)C1. The molecule has 1 aliphatic heterocycles. The molecule has 2 rings (SSSR count). The molecule has 1 aromatic rings. The third-order valence-electron chi connectivity index (χ3n) is 4.11. The number of hydrogen-bond donors (Lipinski definition) is 1. The Labute approximate surface area is 116 Å². The van der Waals surface area contributed by atoms with Crippen LogP contribution in [-0.4, -0.2) is 37.7 Å². The van der Waals surface area contributed by atoms with Crippen LogP contribution in [0.15, 0.2) is 12.1 Å². The molecule has 2 N–H and O–H groups in total. The first-order valence-electron chi connectivity index (χ1n) is 6.71. The molecule has 1 aromatic heterocycles. The Morgan fingerprint density at radius 1 is 1.26 bits per heavy atom. The van der Waals surface area contributed by atoms with Crippen molar-refractivity contribution in [3.05, 3.63) is 12.1 Å². The Morgan fingerprint density at radius 3 is 2.37 bits per heavy atom. The minimum Gasteiger partial charge on any atom is -0.410 e. The third kappa shape index (κ3) is 3.06. The molecule has 19 heavy (non-hydrogen) atoms. The van der Waals surface area contributed by atoms with Gasteiger partial charge in [0.25, 0.3) is 0 Å². The van der Waals surface area contributed by atoms with Crippen LogP contribution in [0.3, 0.4) is 0 Å². The fourth-order valence-electron chi connectivity index (χ4n) is 1.80. The van der Waals surface area contributed by atoms with Crippen LogP contribution >= 0.6 is 0 Å². The molecule has 0 saturated carbocycles. The number of nitrogens with zero attached hydrogens (tertiary/aromatic N) is 3. The molecular weight excluding hydrogens is 256 g/mol. The van der Waals surface area contributed by atoms with Crippen LogP contribution in [0, 0.1) is 0 Å². The lowest BCUT2D eigenvalue weighted by molar-refractivity contribution is 0.148. The van der Waals surface area contributed by atoms with Gasteiger partial charge in [0.2, 0.25) is 0 Å². The van der Waals surface area contributed by atoms with Crippen LogP contribution in [0.1, 0.15) is 20.8 Å². The van der Waals surface area contributed by atoms with E-state index >= 15 is 0 Å². The number of nitrogens with two attached hydrogens (primary N) is 1. The summed E-state index contributed by atoms with van der Waals surface area (Å²) in [5.41, 5.74) is 5.53. The summed E-state index contributed by atoms with van der Waals surface area (Å²) in [7, 11) is -1.66. The highest BCUT2D eigenvalue weighted by atomic mass is 28.4. The van der Waals surface area contributed by atoms with Crippen molar-refractivity contribution in [1.29, 1.82) is 0 Å². The largest absolute Gasteiger partial charge is 0.410 e. The van der Waals surface area contributed by atoms with Crippen LogP contribution in [0.5, 0.6) is 0 Å². The van der Waals surface area contributed by atoms with Gasteiger partial charge in [0.1, 0.15) is 5.82 Å². The van der Waals surface area contributed by atoms with E-state index in [1.54, 1.807) is 6.07 Å². The maximum atomic E-state index is 6.34. The van der Waals surface area contributed by atoms with Crippen LogP contribution < -0.4 is 10.6 Å². The van der Waals surface area contributed by atoms with Crippen molar-refractivity contribution < 1.29 is 4.43 Å². The van der Waals surface area contributed by atoms with Gasteiger partial charge in [-0.05, 0) is 30.3 Å². The van der Waals surface area contributed by atoms with Crippen LogP contribution in [0.4, 0.5) is 11.6 Å². The number of rotatable bonds is 3. The van der Waals surface area contributed by atoms with E-state index in [4.69, 9.17) is 10.2 Å². The average Bonchev–Trinajstić information content (AvgIpc) is 2.23. The summed E-state index contributed by atoms with van der Waals surface area (Å²) in [4.78, 5) is 2.17. The molecule has 5 nitrogen and oxygen atoms in total. The Morgan fingerprint density at radius 2 is 1.89 bits per heavy atom. The number of hydrogen-bond acceptors (Lipinski definition) is 5. The van der Waals surface area contributed by atoms with E-state index in [1.165, 1.54) is 0 Å². The van der Waals surface area contributed by atoms with Gasteiger partial charge in [0, 0.05) is 13.1 Å². The quantitative estimate of drug-likeness (QED) is 0.861. The Hall–Kier alpha value is -1.14. The van der Waals surface area contributed by atoms with Gasteiger partial charge in [-0.15, -0.1) is 10.2 Å². The second-order valence-corrected chi connectivity index (χ2v) is 11.5. The van der Waals surface area contributed by atoms with Gasteiger partial charge in [-0.25, -0.2) is 0 Å². The second-order valence-electron chi connectivity index (χ2n) is 6.72. The zero-order valence-corrected chi connectivity index (χ0v) is 13.5. The monoisotopic (exact) mass is 280 g/mol. The Balaban J connectivity index is 1.89. The predicted molar refractivity (Wildman–Crippen MR) is 80.7 cm³/mol. The van der Waals surface area contributed by atoms with Crippen molar-refractivity contribution in [2.75, 3.05) is 23.7 Å². The lowest BCUT2D eigenvalue weighted by atomic mass is 10.2. The zero-order valence-electron chi connectivity index (χ0n) is 12.5. The Bertz CT molecular complexity index is 435. The molecule has 0 amide bonds. The van der Waals surface area contributed by atoms with Gasteiger partial charge < -0.3 is 15.1 Å². The molecule has 0 unspecified atom stereocenters. The summed E-state index contributed by atoms with van der Waals surface area (Å²) in [5, 5.41) is 8.22. The summed E-state index contributed by atoms with van der Waals surface area (Å²) >= 11 is 0. The first-order valence-corrected chi connectivity index (χ1v) is 9.62. The standard InChI is InChI=1S/C13H24N4OSi/c1-13(2,3)19(4,5)18-10-8-17(9-10)12-7-6-11(14)15-16-12/h6-7,10H,8-9H2,1-5H3,(H2,14,15). The lowest BCUT2D eigenvalue weighted by Crippen LogP contribution is -2.58. The van der Waals surface area contributed by atoms with Gasteiger partial charge >= 0.3 is 0 Å². The summed E-state index contributed by atoms with van der Waals surface area (Å²) in [6.45, 7) is 13.2. The first kappa shape index (κ1) is 14.3. The summed E-state index contributed by atoms with van der Waals surface area (Å²) in [5.74, 6) is 1.34. The smallest absolute Gasteiger partial charge is 0.192 e. The third-order valence-corrected chi connectivity index (χ3v) is 8.65. The highest BCUT2D eigenvalue weighted by Crippen LogP contribution is 2.38. The molecule has 0 radical (unpaired) electrons. The predicted octanol–water partition coefficient (Wildman–Crippen LogP) is 2.27. The number of nitrogen functional groups attached to an aromatic ring is 1. The average molecular weight is 280 g/mol. The molecule has 1 saturated heterocycles. The fraction of sp³-hybridized carbons (Fsp3) is 0.692. The van der Waals surface area contributed by atoms with E-state index in [9.17, 15) is 0 Å². The van der Waals surface area contributed by atoms with Gasteiger partial charge in [0.15, 0.2) is 14.1 Å². The first-order chi connectivity index (χ1) is 8.69. The molecule has 1 aliphatic rings. The van der Waals surface area contributed by atoms with Crippen molar-refractivity contribution in [2.24, 2.45) is 0 Å². The summed E-state index contributed by atoms with van der Waals surface area (Å²) in [6, 6.07) is 3.69. The lowest BCUT2D eigenvalue weighted by Gasteiger charge is -2.46. The molecule has 0 aromatic carbocycles. The highest BCUT2D eigenvalue weighted by molar-refractivity contribution is 6.74. The molecular formula is C13H24N4OSi. The van der Waals surface area contributed by atoms with E-state index in [0.29, 0.717) is 11.9 Å². The maximum absolute atomic E-state index is 6.34. The topological polar surface area (TPSA) is 64.3 Å². The van der Waals surface area contributed by atoms with E-state index in [0.717, 1.165) is 18.9 Å². The van der Waals surface area contributed by atoms with Gasteiger partial charge in [0.05, 0.1) is 6.10 Å². The molecule has 2 heterocycles. The van der Waals surface area contributed by atoms with E-state index in [1.807, 2.05) is 6.07 Å². The van der Waals surface area contributed by atoms with Crippen molar-refractivity contribution in [2.45, 2.75) is 45.0 Å². The van der Waals surface area contributed by atoms with E-state index < -0.39 is 8.32 Å². The zero-order chi connectivity index (χ0) is 14.3. The molecule has 0 atom stereocenters. The molecule has 6 heteroatoms. The van der Waals surface area contributed by atoms with Crippen molar-refractivity contribution in [3.63, 3.8) is 0 Å².